The molecule has 0 radical (unpaired) electrons. The highest BCUT2D eigenvalue weighted by atomic mass is 15.1. The summed E-state index contributed by atoms with van der Waals surface area (Å²) in [6.07, 6.45) is 7.12. The number of fused-ring (bicyclic) bond motifs is 1. The van der Waals surface area contributed by atoms with E-state index in [1.165, 1.54) is 44.5 Å². The van der Waals surface area contributed by atoms with Gasteiger partial charge in [-0.2, -0.15) is 0 Å². The first-order chi connectivity index (χ1) is 7.45. The highest BCUT2D eigenvalue weighted by Crippen LogP contribution is 2.37. The van der Waals surface area contributed by atoms with Gasteiger partial charge in [-0.3, -0.25) is 4.99 Å². The van der Waals surface area contributed by atoms with Crippen LogP contribution in [0.2, 0.25) is 0 Å². The topological polar surface area (TPSA) is 36.4 Å². The first kappa shape index (κ1) is 9.64. The third kappa shape index (κ3) is 1.78. The number of nitrogens with one attached hydrogen (secondary N) is 2. The monoisotopic (exact) mass is 207 g/mol. The van der Waals surface area contributed by atoms with Crippen LogP contribution in [0.4, 0.5) is 0 Å². The van der Waals surface area contributed by atoms with Crippen molar-refractivity contribution in [3.63, 3.8) is 0 Å². The lowest BCUT2D eigenvalue weighted by atomic mass is 9.71. The van der Waals surface area contributed by atoms with Gasteiger partial charge in [0.25, 0.3) is 0 Å². The molecule has 3 unspecified atom stereocenters. The molecule has 3 nitrogen and oxygen atoms in total. The summed E-state index contributed by atoms with van der Waals surface area (Å²) in [7, 11) is 0. The van der Waals surface area contributed by atoms with Gasteiger partial charge in [0.1, 0.15) is 5.84 Å². The fourth-order valence-corrected chi connectivity index (χ4v) is 3.53. The quantitative estimate of drug-likeness (QED) is 0.677. The molecule has 15 heavy (non-hydrogen) atoms. The summed E-state index contributed by atoms with van der Waals surface area (Å²) in [5, 5.41) is 7.11. The molecule has 2 aliphatic heterocycles. The Balaban J connectivity index is 1.75. The molecule has 3 rings (SSSR count). The van der Waals surface area contributed by atoms with E-state index in [0.717, 1.165) is 24.9 Å². The highest BCUT2D eigenvalue weighted by Gasteiger charge is 2.37. The van der Waals surface area contributed by atoms with Crippen molar-refractivity contribution in [2.75, 3.05) is 19.6 Å². The van der Waals surface area contributed by atoms with Crippen LogP contribution in [0.25, 0.3) is 0 Å². The van der Waals surface area contributed by atoms with Gasteiger partial charge in [0.15, 0.2) is 0 Å². The standard InChI is InChI=1S/C12H21N3/c1-2-4-10-9(3-1)5-6-13-11(10)12-14-7-8-15-12/h9-11,13H,1-8H2,(H,14,15). The van der Waals surface area contributed by atoms with E-state index in [1.807, 2.05) is 0 Å². The van der Waals surface area contributed by atoms with Crippen molar-refractivity contribution in [1.82, 2.24) is 10.6 Å². The van der Waals surface area contributed by atoms with Crippen LogP contribution < -0.4 is 10.6 Å². The van der Waals surface area contributed by atoms with Crippen molar-refractivity contribution in [3.05, 3.63) is 0 Å². The van der Waals surface area contributed by atoms with E-state index < -0.39 is 0 Å². The van der Waals surface area contributed by atoms with Gasteiger partial charge < -0.3 is 10.6 Å². The van der Waals surface area contributed by atoms with Crippen molar-refractivity contribution in [2.45, 2.75) is 38.1 Å². The number of hydrogen-bond donors (Lipinski definition) is 2. The van der Waals surface area contributed by atoms with Crippen LogP contribution >= 0.6 is 0 Å². The molecule has 1 saturated carbocycles. The summed E-state index contributed by atoms with van der Waals surface area (Å²) in [5.41, 5.74) is 0. The molecule has 1 saturated heterocycles. The molecule has 0 amide bonds. The number of piperidine rings is 1. The maximum atomic E-state index is 4.59. The van der Waals surface area contributed by atoms with Gasteiger partial charge in [0.2, 0.25) is 0 Å². The molecule has 0 aromatic carbocycles. The van der Waals surface area contributed by atoms with E-state index in [1.54, 1.807) is 0 Å². The molecule has 2 fully saturated rings. The highest BCUT2D eigenvalue weighted by molar-refractivity contribution is 5.89. The van der Waals surface area contributed by atoms with Crippen LogP contribution in [0.3, 0.4) is 0 Å². The summed E-state index contributed by atoms with van der Waals surface area (Å²) in [6, 6.07) is 0.548. The second-order valence-corrected chi connectivity index (χ2v) is 5.12. The smallest absolute Gasteiger partial charge is 0.114 e. The number of amidine groups is 1. The van der Waals surface area contributed by atoms with E-state index in [2.05, 4.69) is 15.6 Å². The predicted molar refractivity (Wildman–Crippen MR) is 62.2 cm³/mol. The van der Waals surface area contributed by atoms with Crippen molar-refractivity contribution < 1.29 is 0 Å². The Labute approximate surface area is 91.7 Å². The number of hydrogen-bond acceptors (Lipinski definition) is 3. The minimum absolute atomic E-state index is 0.548. The Kier molecular flexibility index (Phi) is 2.65. The number of nitrogens with zero attached hydrogens (tertiary/aromatic N) is 1. The van der Waals surface area contributed by atoms with Gasteiger partial charge >= 0.3 is 0 Å². The van der Waals surface area contributed by atoms with Crippen LogP contribution in [0, 0.1) is 11.8 Å². The summed E-state index contributed by atoms with van der Waals surface area (Å²) in [4.78, 5) is 4.59. The van der Waals surface area contributed by atoms with Crippen LogP contribution in [0.1, 0.15) is 32.1 Å². The fraction of sp³-hybridized carbons (Fsp3) is 0.917. The molecule has 3 atom stereocenters. The largest absolute Gasteiger partial charge is 0.371 e. The zero-order chi connectivity index (χ0) is 10.1. The Hall–Kier alpha value is -0.570. The lowest BCUT2D eigenvalue weighted by Gasteiger charge is -2.41. The predicted octanol–water partition coefficient (Wildman–Crippen LogP) is 1.16. The number of aliphatic imine (C=N–C) groups is 1. The lowest BCUT2D eigenvalue weighted by Crippen LogP contribution is -2.54. The molecule has 84 valence electrons. The number of rotatable bonds is 1. The molecule has 0 bridgehead atoms. The summed E-state index contributed by atoms with van der Waals surface area (Å²) < 4.78 is 0. The van der Waals surface area contributed by atoms with Crippen LogP contribution in [0.5, 0.6) is 0 Å². The van der Waals surface area contributed by atoms with Crippen molar-refractivity contribution in [3.8, 4) is 0 Å². The SMILES string of the molecule is C1CCC2C(C1)CCNC2C1=NCCN1. The third-order valence-corrected chi connectivity index (χ3v) is 4.27. The molecule has 2 N–H and O–H groups in total. The lowest BCUT2D eigenvalue weighted by molar-refractivity contribution is 0.162. The second-order valence-electron chi connectivity index (χ2n) is 5.12. The molecule has 0 aromatic rings. The average molecular weight is 207 g/mol. The summed E-state index contributed by atoms with van der Waals surface area (Å²) in [5.74, 6) is 3.08. The maximum Gasteiger partial charge on any atom is 0.114 e. The zero-order valence-corrected chi connectivity index (χ0v) is 9.34. The van der Waals surface area contributed by atoms with Crippen molar-refractivity contribution >= 4 is 5.84 Å². The molecule has 3 aliphatic rings. The molecular weight excluding hydrogens is 186 g/mol. The van der Waals surface area contributed by atoms with E-state index in [-0.39, 0.29) is 0 Å². The molecule has 0 spiro atoms. The molecular formula is C12H21N3. The molecule has 0 aromatic heterocycles. The summed E-state index contributed by atoms with van der Waals surface area (Å²) >= 11 is 0. The Morgan fingerprint density at radius 3 is 2.87 bits per heavy atom. The van der Waals surface area contributed by atoms with Gasteiger partial charge in [0, 0.05) is 6.54 Å². The normalized spacial score (nSPS) is 40.5. The van der Waals surface area contributed by atoms with Gasteiger partial charge in [0.05, 0.1) is 12.6 Å². The third-order valence-electron chi connectivity index (χ3n) is 4.27. The van der Waals surface area contributed by atoms with Crippen LogP contribution in [0.15, 0.2) is 4.99 Å². The first-order valence-electron chi connectivity index (χ1n) is 6.47. The zero-order valence-electron chi connectivity index (χ0n) is 9.34. The minimum atomic E-state index is 0.548. The first-order valence-corrected chi connectivity index (χ1v) is 6.47. The van der Waals surface area contributed by atoms with Gasteiger partial charge in [-0.1, -0.05) is 19.3 Å². The van der Waals surface area contributed by atoms with Crippen molar-refractivity contribution in [2.24, 2.45) is 16.8 Å². The van der Waals surface area contributed by atoms with Crippen LogP contribution in [-0.4, -0.2) is 31.5 Å². The van der Waals surface area contributed by atoms with E-state index in [9.17, 15) is 0 Å². The fourth-order valence-electron chi connectivity index (χ4n) is 3.53. The average Bonchev–Trinajstić information content (AvgIpc) is 2.82. The second kappa shape index (κ2) is 4.12. The Morgan fingerprint density at radius 1 is 1.07 bits per heavy atom. The van der Waals surface area contributed by atoms with Gasteiger partial charge in [-0.25, -0.2) is 0 Å². The summed E-state index contributed by atoms with van der Waals surface area (Å²) in [6.45, 7) is 3.21. The van der Waals surface area contributed by atoms with E-state index in [4.69, 9.17) is 0 Å². The molecule has 3 heteroatoms. The molecule has 1 aliphatic carbocycles. The van der Waals surface area contributed by atoms with Crippen molar-refractivity contribution in [1.29, 1.82) is 0 Å². The maximum absolute atomic E-state index is 4.59. The van der Waals surface area contributed by atoms with Crippen LogP contribution in [-0.2, 0) is 0 Å². The van der Waals surface area contributed by atoms with Gasteiger partial charge in [-0.15, -0.1) is 0 Å². The molecule has 2 heterocycles. The van der Waals surface area contributed by atoms with Gasteiger partial charge in [-0.05, 0) is 31.2 Å². The van der Waals surface area contributed by atoms with E-state index in [0.29, 0.717) is 6.04 Å². The Morgan fingerprint density at radius 2 is 2.00 bits per heavy atom. The minimum Gasteiger partial charge on any atom is -0.371 e. The van der Waals surface area contributed by atoms with E-state index >= 15 is 0 Å². The Bertz CT molecular complexity index is 260.